The van der Waals surface area contributed by atoms with Crippen LogP contribution in [-0.4, -0.2) is 22.8 Å². The zero-order valence-corrected chi connectivity index (χ0v) is 14.4. The lowest BCUT2D eigenvalue weighted by molar-refractivity contribution is -0.130. The normalized spacial score (nSPS) is 15.4. The average Bonchev–Trinajstić information content (AvgIpc) is 2.93. The molecule has 1 fully saturated rings. The second-order valence-electron chi connectivity index (χ2n) is 6.14. The van der Waals surface area contributed by atoms with E-state index < -0.39 is 6.04 Å². The first-order valence-corrected chi connectivity index (χ1v) is 9.03. The monoisotopic (exact) mass is 343 g/mol. The van der Waals surface area contributed by atoms with Gasteiger partial charge in [-0.05, 0) is 25.3 Å². The molecule has 0 aliphatic heterocycles. The molecule has 1 heterocycles. The zero-order valence-electron chi connectivity index (χ0n) is 13.6. The van der Waals surface area contributed by atoms with E-state index in [4.69, 9.17) is 0 Å². The van der Waals surface area contributed by atoms with Gasteiger partial charge in [-0.15, -0.1) is 11.3 Å². The van der Waals surface area contributed by atoms with Crippen LogP contribution in [0.25, 0.3) is 0 Å². The lowest BCUT2D eigenvalue weighted by Crippen LogP contribution is -2.45. The summed E-state index contributed by atoms with van der Waals surface area (Å²) in [7, 11) is 0. The zero-order chi connectivity index (χ0) is 16.9. The van der Waals surface area contributed by atoms with Crippen LogP contribution >= 0.6 is 11.3 Å². The number of amides is 2. The number of carbonyl (C=O) groups excluding carboxylic acids is 2. The first-order chi connectivity index (χ1) is 11.6. The van der Waals surface area contributed by atoms with Gasteiger partial charge in [0.2, 0.25) is 11.8 Å². The quantitative estimate of drug-likeness (QED) is 0.847. The molecule has 1 aliphatic carbocycles. The molecule has 24 heavy (non-hydrogen) atoms. The summed E-state index contributed by atoms with van der Waals surface area (Å²) in [5.41, 5.74) is 1.21. The SMILES string of the molecule is CC(NC(=O)C1CCC1)C(=O)Nc1ncc(Cc2ccccc2)s1. The maximum Gasteiger partial charge on any atom is 0.248 e. The number of nitrogens with zero attached hydrogens (tertiary/aromatic N) is 1. The third-order valence-corrected chi connectivity index (χ3v) is 5.15. The number of aromatic nitrogens is 1. The van der Waals surface area contributed by atoms with E-state index in [1.54, 1.807) is 13.1 Å². The second kappa shape index (κ2) is 7.57. The van der Waals surface area contributed by atoms with Gasteiger partial charge in [-0.25, -0.2) is 4.98 Å². The largest absolute Gasteiger partial charge is 0.344 e. The highest BCUT2D eigenvalue weighted by molar-refractivity contribution is 7.15. The van der Waals surface area contributed by atoms with Crippen LogP contribution in [0.2, 0.25) is 0 Å². The van der Waals surface area contributed by atoms with E-state index in [2.05, 4.69) is 27.8 Å². The Kier molecular flexibility index (Phi) is 5.25. The minimum absolute atomic E-state index is 0.0206. The minimum atomic E-state index is -0.556. The Morgan fingerprint density at radius 2 is 2.04 bits per heavy atom. The molecule has 1 saturated carbocycles. The fourth-order valence-electron chi connectivity index (χ4n) is 2.52. The highest BCUT2D eigenvalue weighted by atomic mass is 32.1. The molecule has 1 unspecified atom stereocenters. The van der Waals surface area contributed by atoms with Gasteiger partial charge in [0.1, 0.15) is 6.04 Å². The Balaban J connectivity index is 1.51. The maximum atomic E-state index is 12.2. The van der Waals surface area contributed by atoms with Gasteiger partial charge in [-0.1, -0.05) is 36.8 Å². The van der Waals surface area contributed by atoms with Crippen molar-refractivity contribution in [3.05, 3.63) is 47.0 Å². The standard InChI is InChI=1S/C18H21N3O2S/c1-12(20-17(23)14-8-5-9-14)16(22)21-18-19-11-15(24-18)10-13-6-3-2-4-7-13/h2-4,6-7,11-12,14H,5,8-10H2,1H3,(H,20,23)(H,19,21,22). The molecule has 0 radical (unpaired) electrons. The Hall–Kier alpha value is -2.21. The number of thiazole rings is 1. The lowest BCUT2D eigenvalue weighted by atomic mass is 9.84. The van der Waals surface area contributed by atoms with E-state index in [0.717, 1.165) is 30.6 Å². The molecular weight excluding hydrogens is 322 g/mol. The van der Waals surface area contributed by atoms with Crippen molar-refractivity contribution in [3.8, 4) is 0 Å². The van der Waals surface area contributed by atoms with Crippen molar-refractivity contribution in [3.63, 3.8) is 0 Å². The number of benzene rings is 1. The van der Waals surface area contributed by atoms with Crippen LogP contribution in [0.4, 0.5) is 5.13 Å². The van der Waals surface area contributed by atoms with Gasteiger partial charge in [0.15, 0.2) is 5.13 Å². The van der Waals surface area contributed by atoms with Crippen molar-refractivity contribution in [1.29, 1.82) is 0 Å². The van der Waals surface area contributed by atoms with E-state index in [0.29, 0.717) is 5.13 Å². The summed E-state index contributed by atoms with van der Waals surface area (Å²) in [6, 6.07) is 9.57. The van der Waals surface area contributed by atoms with Crippen molar-refractivity contribution in [2.45, 2.75) is 38.6 Å². The van der Waals surface area contributed by atoms with Crippen molar-refractivity contribution >= 4 is 28.3 Å². The maximum absolute atomic E-state index is 12.2. The fraction of sp³-hybridized carbons (Fsp3) is 0.389. The molecule has 2 amide bonds. The molecule has 5 nitrogen and oxygen atoms in total. The number of nitrogens with one attached hydrogen (secondary N) is 2. The Labute approximate surface area is 145 Å². The fourth-order valence-corrected chi connectivity index (χ4v) is 3.37. The Morgan fingerprint density at radius 1 is 1.29 bits per heavy atom. The van der Waals surface area contributed by atoms with Gasteiger partial charge in [0, 0.05) is 23.4 Å². The molecule has 3 rings (SSSR count). The van der Waals surface area contributed by atoms with E-state index >= 15 is 0 Å². The molecule has 0 saturated heterocycles. The predicted molar refractivity (Wildman–Crippen MR) is 94.9 cm³/mol. The topological polar surface area (TPSA) is 71.1 Å². The molecule has 6 heteroatoms. The van der Waals surface area contributed by atoms with Crippen LogP contribution in [0.1, 0.15) is 36.6 Å². The summed E-state index contributed by atoms with van der Waals surface area (Å²) in [5.74, 6) is -0.173. The molecule has 0 bridgehead atoms. The number of hydrogen-bond donors (Lipinski definition) is 2. The summed E-state index contributed by atoms with van der Waals surface area (Å²) in [5, 5.41) is 6.12. The third-order valence-electron chi connectivity index (χ3n) is 4.23. The molecule has 1 aromatic carbocycles. The first-order valence-electron chi connectivity index (χ1n) is 8.21. The van der Waals surface area contributed by atoms with Crippen molar-refractivity contribution in [2.24, 2.45) is 5.92 Å². The van der Waals surface area contributed by atoms with E-state index in [1.165, 1.54) is 16.9 Å². The Bertz CT molecular complexity index is 710. The number of rotatable bonds is 6. The predicted octanol–water partition coefficient (Wildman–Crippen LogP) is 2.98. The highest BCUT2D eigenvalue weighted by Crippen LogP contribution is 2.26. The minimum Gasteiger partial charge on any atom is -0.344 e. The van der Waals surface area contributed by atoms with Gasteiger partial charge in [0.05, 0.1) is 0 Å². The third kappa shape index (κ3) is 4.20. The summed E-state index contributed by atoms with van der Waals surface area (Å²) >= 11 is 1.46. The van der Waals surface area contributed by atoms with Gasteiger partial charge < -0.3 is 10.6 Å². The van der Waals surface area contributed by atoms with Crippen molar-refractivity contribution in [1.82, 2.24) is 10.3 Å². The van der Waals surface area contributed by atoms with Crippen LogP contribution < -0.4 is 10.6 Å². The number of hydrogen-bond acceptors (Lipinski definition) is 4. The van der Waals surface area contributed by atoms with E-state index in [9.17, 15) is 9.59 Å². The Morgan fingerprint density at radius 3 is 2.71 bits per heavy atom. The van der Waals surface area contributed by atoms with Crippen molar-refractivity contribution < 1.29 is 9.59 Å². The van der Waals surface area contributed by atoms with Crippen LogP contribution in [-0.2, 0) is 16.0 Å². The van der Waals surface area contributed by atoms with Gasteiger partial charge >= 0.3 is 0 Å². The van der Waals surface area contributed by atoms with E-state index in [-0.39, 0.29) is 17.7 Å². The molecule has 1 atom stereocenters. The van der Waals surface area contributed by atoms with Crippen molar-refractivity contribution in [2.75, 3.05) is 5.32 Å². The summed E-state index contributed by atoms with van der Waals surface area (Å²) < 4.78 is 0. The van der Waals surface area contributed by atoms with Gasteiger partial charge in [-0.2, -0.15) is 0 Å². The van der Waals surface area contributed by atoms with Crippen LogP contribution in [0.15, 0.2) is 36.5 Å². The molecular formula is C18H21N3O2S. The summed E-state index contributed by atoms with van der Waals surface area (Å²) in [6.45, 7) is 1.70. The molecule has 2 aromatic rings. The molecule has 126 valence electrons. The van der Waals surface area contributed by atoms with E-state index in [1.807, 2.05) is 18.2 Å². The lowest BCUT2D eigenvalue weighted by Gasteiger charge is -2.25. The summed E-state index contributed by atoms with van der Waals surface area (Å²) in [6.07, 6.45) is 5.53. The van der Waals surface area contributed by atoms with Crippen LogP contribution in [0, 0.1) is 5.92 Å². The smallest absolute Gasteiger partial charge is 0.248 e. The highest BCUT2D eigenvalue weighted by Gasteiger charge is 2.27. The molecule has 1 aromatic heterocycles. The number of anilines is 1. The van der Waals surface area contributed by atoms with Gasteiger partial charge in [0.25, 0.3) is 0 Å². The van der Waals surface area contributed by atoms with Crippen LogP contribution in [0.5, 0.6) is 0 Å². The number of carbonyl (C=O) groups is 2. The summed E-state index contributed by atoms with van der Waals surface area (Å²) in [4.78, 5) is 29.4. The second-order valence-corrected chi connectivity index (χ2v) is 7.26. The first kappa shape index (κ1) is 16.6. The average molecular weight is 343 g/mol. The molecule has 0 spiro atoms. The molecule has 1 aliphatic rings. The molecule has 2 N–H and O–H groups in total. The van der Waals surface area contributed by atoms with Gasteiger partial charge in [-0.3, -0.25) is 9.59 Å². The van der Waals surface area contributed by atoms with Crippen LogP contribution in [0.3, 0.4) is 0 Å².